The van der Waals surface area contributed by atoms with E-state index in [4.69, 9.17) is 25.8 Å². The maximum atomic E-state index is 9.87. The molecule has 0 saturated carbocycles. The molecule has 0 heterocycles. The van der Waals surface area contributed by atoms with E-state index in [1.54, 1.807) is 26.4 Å². The molecule has 0 aliphatic rings. The van der Waals surface area contributed by atoms with E-state index in [0.29, 0.717) is 41.3 Å². The van der Waals surface area contributed by atoms with Gasteiger partial charge in [-0.25, -0.2) is 0 Å². The van der Waals surface area contributed by atoms with Gasteiger partial charge < -0.3 is 24.6 Å². The zero-order valence-corrected chi connectivity index (χ0v) is 13.7. The molecule has 1 aromatic rings. The summed E-state index contributed by atoms with van der Waals surface area (Å²) in [6.07, 6.45) is -0.602. The average molecular weight is 318 g/mol. The molecule has 2 N–H and O–H groups in total. The number of aliphatic hydroxyl groups excluding tert-OH is 1. The molecular formula is C15H24ClNO4. The molecule has 0 aromatic heterocycles. The first-order valence-corrected chi connectivity index (χ1v) is 7.26. The highest BCUT2D eigenvalue weighted by molar-refractivity contribution is 6.32. The number of aliphatic hydroxyl groups is 1. The van der Waals surface area contributed by atoms with Crippen molar-refractivity contribution in [3.63, 3.8) is 0 Å². The third-order valence-corrected chi connectivity index (χ3v) is 3.06. The number of rotatable bonds is 9. The van der Waals surface area contributed by atoms with Crippen LogP contribution in [0.5, 0.6) is 11.5 Å². The fourth-order valence-electron chi connectivity index (χ4n) is 1.72. The van der Waals surface area contributed by atoms with Gasteiger partial charge in [0.1, 0.15) is 11.5 Å². The molecule has 0 radical (unpaired) electrons. The van der Waals surface area contributed by atoms with Crippen molar-refractivity contribution in [2.45, 2.75) is 20.0 Å². The van der Waals surface area contributed by atoms with Crippen LogP contribution in [-0.4, -0.2) is 45.2 Å². The highest BCUT2D eigenvalue weighted by atomic mass is 35.5. The molecule has 0 bridgehead atoms. The van der Waals surface area contributed by atoms with Gasteiger partial charge >= 0.3 is 0 Å². The van der Waals surface area contributed by atoms with Crippen LogP contribution >= 0.6 is 11.6 Å². The van der Waals surface area contributed by atoms with E-state index in [1.807, 2.05) is 0 Å². The van der Waals surface area contributed by atoms with Crippen LogP contribution in [0.15, 0.2) is 12.1 Å². The Morgan fingerprint density at radius 1 is 1.14 bits per heavy atom. The predicted octanol–water partition coefficient (Wildman–Crippen LogP) is 2.80. The summed E-state index contributed by atoms with van der Waals surface area (Å²) in [7, 11) is 3.11. The lowest BCUT2D eigenvalue weighted by molar-refractivity contribution is 0.0318. The molecule has 5 nitrogen and oxygen atoms in total. The molecule has 0 aliphatic carbocycles. The van der Waals surface area contributed by atoms with Gasteiger partial charge in [0, 0.05) is 19.2 Å². The smallest absolute Gasteiger partial charge is 0.145 e. The lowest BCUT2D eigenvalue weighted by Crippen LogP contribution is -2.25. The van der Waals surface area contributed by atoms with Crippen LogP contribution in [0.25, 0.3) is 0 Å². The zero-order chi connectivity index (χ0) is 15.8. The standard InChI is InChI=1S/C15H24ClNO4/c1-10(2)8-21-9-11(18)7-17-13-5-12(16)14(19-3)6-15(13)20-4/h5-6,10-11,17-18H,7-9H2,1-4H3. The molecule has 120 valence electrons. The summed E-state index contributed by atoms with van der Waals surface area (Å²) >= 11 is 6.08. The molecule has 0 fully saturated rings. The fraction of sp³-hybridized carbons (Fsp3) is 0.600. The summed E-state index contributed by atoms with van der Waals surface area (Å²) in [5.41, 5.74) is 0.700. The van der Waals surface area contributed by atoms with E-state index in [1.165, 1.54) is 0 Å². The Hall–Kier alpha value is -1.17. The average Bonchev–Trinajstić information content (AvgIpc) is 2.44. The highest BCUT2D eigenvalue weighted by Gasteiger charge is 2.11. The second-order valence-corrected chi connectivity index (χ2v) is 5.56. The lowest BCUT2D eigenvalue weighted by atomic mass is 10.2. The van der Waals surface area contributed by atoms with Gasteiger partial charge in [0.15, 0.2) is 0 Å². The number of methoxy groups -OCH3 is 2. The monoisotopic (exact) mass is 317 g/mol. The Morgan fingerprint density at radius 2 is 1.81 bits per heavy atom. The molecule has 0 amide bonds. The van der Waals surface area contributed by atoms with Crippen LogP contribution in [-0.2, 0) is 4.74 Å². The minimum absolute atomic E-state index is 0.289. The molecule has 1 atom stereocenters. The van der Waals surface area contributed by atoms with E-state index in [2.05, 4.69) is 19.2 Å². The van der Waals surface area contributed by atoms with Crippen LogP contribution in [0.2, 0.25) is 5.02 Å². The summed E-state index contributed by atoms with van der Waals surface area (Å²) in [5, 5.41) is 13.4. The number of anilines is 1. The zero-order valence-electron chi connectivity index (χ0n) is 13.0. The molecule has 1 rings (SSSR count). The van der Waals surface area contributed by atoms with E-state index in [0.717, 1.165) is 0 Å². The van der Waals surface area contributed by atoms with Gasteiger partial charge in [-0.2, -0.15) is 0 Å². The predicted molar refractivity (Wildman–Crippen MR) is 84.7 cm³/mol. The summed E-state index contributed by atoms with van der Waals surface area (Å²) < 4.78 is 15.8. The van der Waals surface area contributed by atoms with Gasteiger partial charge in [0.05, 0.1) is 37.6 Å². The van der Waals surface area contributed by atoms with Crippen LogP contribution in [0.1, 0.15) is 13.8 Å². The minimum atomic E-state index is -0.602. The van der Waals surface area contributed by atoms with Gasteiger partial charge in [-0.1, -0.05) is 25.4 Å². The largest absolute Gasteiger partial charge is 0.495 e. The number of halogens is 1. The molecule has 0 spiro atoms. The number of hydrogen-bond donors (Lipinski definition) is 2. The third kappa shape index (κ3) is 5.99. The van der Waals surface area contributed by atoms with Crippen molar-refractivity contribution in [2.24, 2.45) is 5.92 Å². The van der Waals surface area contributed by atoms with Crippen LogP contribution in [0.4, 0.5) is 5.69 Å². The second kappa shape index (κ2) is 8.97. The molecule has 1 unspecified atom stereocenters. The number of hydrogen-bond acceptors (Lipinski definition) is 5. The lowest BCUT2D eigenvalue weighted by Gasteiger charge is -2.17. The van der Waals surface area contributed by atoms with Crippen molar-refractivity contribution >= 4 is 17.3 Å². The second-order valence-electron chi connectivity index (χ2n) is 5.15. The highest BCUT2D eigenvalue weighted by Crippen LogP contribution is 2.35. The molecular weight excluding hydrogens is 294 g/mol. The van der Waals surface area contributed by atoms with Crippen molar-refractivity contribution in [3.05, 3.63) is 17.2 Å². The van der Waals surface area contributed by atoms with Crippen LogP contribution in [0.3, 0.4) is 0 Å². The van der Waals surface area contributed by atoms with E-state index in [-0.39, 0.29) is 6.61 Å². The first kappa shape index (κ1) is 17.9. The Bertz CT molecular complexity index is 440. The fourth-order valence-corrected chi connectivity index (χ4v) is 1.97. The Labute approximate surface area is 131 Å². The van der Waals surface area contributed by atoms with E-state index >= 15 is 0 Å². The minimum Gasteiger partial charge on any atom is -0.495 e. The first-order chi connectivity index (χ1) is 9.97. The number of nitrogens with one attached hydrogen (secondary N) is 1. The topological polar surface area (TPSA) is 60.0 Å². The van der Waals surface area contributed by atoms with E-state index in [9.17, 15) is 5.11 Å². The number of ether oxygens (including phenoxy) is 3. The van der Waals surface area contributed by atoms with Gasteiger partial charge in [0.2, 0.25) is 0 Å². The SMILES string of the molecule is COc1cc(OC)c(NCC(O)COCC(C)C)cc1Cl. The van der Waals surface area contributed by atoms with Crippen LogP contribution < -0.4 is 14.8 Å². The first-order valence-electron chi connectivity index (χ1n) is 6.89. The molecule has 6 heteroatoms. The van der Waals surface area contributed by atoms with Gasteiger partial charge in [-0.15, -0.1) is 0 Å². The maximum absolute atomic E-state index is 9.87. The summed E-state index contributed by atoms with van der Waals surface area (Å²) in [5.74, 6) is 1.59. The summed E-state index contributed by atoms with van der Waals surface area (Å²) in [6, 6.07) is 3.41. The molecule has 0 saturated heterocycles. The molecule has 1 aromatic carbocycles. The van der Waals surface area contributed by atoms with Crippen molar-refractivity contribution in [2.75, 3.05) is 39.3 Å². The van der Waals surface area contributed by atoms with Crippen LogP contribution in [0, 0.1) is 5.92 Å². The van der Waals surface area contributed by atoms with Crippen molar-refractivity contribution in [1.29, 1.82) is 0 Å². The Morgan fingerprint density at radius 3 is 2.38 bits per heavy atom. The Balaban J connectivity index is 2.56. The van der Waals surface area contributed by atoms with Gasteiger partial charge in [-0.05, 0) is 12.0 Å². The van der Waals surface area contributed by atoms with E-state index < -0.39 is 6.10 Å². The van der Waals surface area contributed by atoms with Crippen molar-refractivity contribution < 1.29 is 19.3 Å². The van der Waals surface area contributed by atoms with Gasteiger partial charge in [-0.3, -0.25) is 0 Å². The normalized spacial score (nSPS) is 12.3. The Kier molecular flexibility index (Phi) is 7.64. The quantitative estimate of drug-likeness (QED) is 0.733. The number of benzene rings is 1. The van der Waals surface area contributed by atoms with Crippen molar-refractivity contribution in [1.82, 2.24) is 0 Å². The molecule has 0 aliphatic heterocycles. The maximum Gasteiger partial charge on any atom is 0.145 e. The van der Waals surface area contributed by atoms with Crippen molar-refractivity contribution in [3.8, 4) is 11.5 Å². The summed E-state index contributed by atoms with van der Waals surface area (Å²) in [6.45, 7) is 5.40. The molecule has 21 heavy (non-hydrogen) atoms. The summed E-state index contributed by atoms with van der Waals surface area (Å²) in [4.78, 5) is 0. The third-order valence-electron chi connectivity index (χ3n) is 2.76. The van der Waals surface area contributed by atoms with Gasteiger partial charge in [0.25, 0.3) is 0 Å².